The van der Waals surface area contributed by atoms with Gasteiger partial charge in [0.2, 0.25) is 5.91 Å². The highest BCUT2D eigenvalue weighted by Gasteiger charge is 2.04. The second-order valence-corrected chi connectivity index (χ2v) is 3.93. The van der Waals surface area contributed by atoms with Crippen LogP contribution in [0, 0.1) is 5.92 Å². The first-order chi connectivity index (χ1) is 7.70. The fourth-order valence-corrected chi connectivity index (χ4v) is 1.16. The van der Waals surface area contributed by atoms with Gasteiger partial charge >= 0.3 is 0 Å². The fraction of sp³-hybridized carbons (Fsp3) is 0.583. The smallest absolute Gasteiger partial charge is 0.222 e. The molecule has 1 rings (SSSR count). The van der Waals surface area contributed by atoms with E-state index in [1.807, 2.05) is 26.0 Å². The zero-order valence-electron chi connectivity index (χ0n) is 9.86. The molecule has 0 atom stereocenters. The van der Waals surface area contributed by atoms with Crippen LogP contribution in [0.15, 0.2) is 22.8 Å². The Morgan fingerprint density at radius 2 is 2.38 bits per heavy atom. The van der Waals surface area contributed by atoms with Crippen molar-refractivity contribution in [3.05, 3.63) is 24.2 Å². The molecule has 0 aromatic carbocycles. The lowest BCUT2D eigenvalue weighted by Crippen LogP contribution is -2.29. The minimum atomic E-state index is 0.0454. The molecule has 4 nitrogen and oxygen atoms in total. The number of ether oxygens (including phenoxy) is 1. The van der Waals surface area contributed by atoms with Crippen molar-refractivity contribution in [2.75, 3.05) is 13.2 Å². The summed E-state index contributed by atoms with van der Waals surface area (Å²) >= 11 is 0. The first-order valence-electron chi connectivity index (χ1n) is 5.58. The summed E-state index contributed by atoms with van der Waals surface area (Å²) in [6.45, 7) is 5.53. The number of hydrogen-bond donors (Lipinski definition) is 1. The van der Waals surface area contributed by atoms with Crippen molar-refractivity contribution in [1.82, 2.24) is 5.32 Å². The van der Waals surface area contributed by atoms with E-state index in [1.165, 1.54) is 0 Å². The van der Waals surface area contributed by atoms with Gasteiger partial charge in [-0.15, -0.1) is 0 Å². The SMILES string of the molecule is CC(C)C(=O)NCCCOCc1ccco1. The maximum atomic E-state index is 11.2. The van der Waals surface area contributed by atoms with Crippen molar-refractivity contribution >= 4 is 5.91 Å². The molecule has 1 N–H and O–H groups in total. The molecule has 0 unspecified atom stereocenters. The van der Waals surface area contributed by atoms with Crippen molar-refractivity contribution in [3.8, 4) is 0 Å². The second-order valence-electron chi connectivity index (χ2n) is 3.93. The highest BCUT2D eigenvalue weighted by molar-refractivity contribution is 5.77. The van der Waals surface area contributed by atoms with Gasteiger partial charge in [0.25, 0.3) is 0 Å². The molecule has 0 aliphatic heterocycles. The molecule has 1 aromatic rings. The summed E-state index contributed by atoms with van der Waals surface area (Å²) in [5.74, 6) is 0.960. The average Bonchev–Trinajstić information content (AvgIpc) is 2.75. The van der Waals surface area contributed by atoms with Crippen molar-refractivity contribution in [1.29, 1.82) is 0 Å². The predicted octanol–water partition coefficient (Wildman–Crippen LogP) is 1.96. The Bertz CT molecular complexity index is 293. The van der Waals surface area contributed by atoms with Crippen molar-refractivity contribution in [2.45, 2.75) is 26.9 Å². The molecule has 0 saturated carbocycles. The van der Waals surface area contributed by atoms with Crippen LogP contribution in [-0.2, 0) is 16.1 Å². The van der Waals surface area contributed by atoms with Gasteiger partial charge in [-0.3, -0.25) is 4.79 Å². The Balaban J connectivity index is 1.94. The predicted molar refractivity (Wildman–Crippen MR) is 60.8 cm³/mol. The van der Waals surface area contributed by atoms with E-state index in [0.29, 0.717) is 19.8 Å². The maximum Gasteiger partial charge on any atom is 0.222 e. The first-order valence-corrected chi connectivity index (χ1v) is 5.58. The normalized spacial score (nSPS) is 10.7. The number of amides is 1. The van der Waals surface area contributed by atoms with E-state index in [-0.39, 0.29) is 11.8 Å². The van der Waals surface area contributed by atoms with E-state index in [9.17, 15) is 4.79 Å². The number of carbonyl (C=O) groups is 1. The Hall–Kier alpha value is -1.29. The Labute approximate surface area is 96.0 Å². The molecule has 4 heteroatoms. The number of nitrogens with one attached hydrogen (secondary N) is 1. The largest absolute Gasteiger partial charge is 0.467 e. The lowest BCUT2D eigenvalue weighted by molar-refractivity contribution is -0.124. The van der Waals surface area contributed by atoms with Gasteiger partial charge in [0, 0.05) is 19.1 Å². The topological polar surface area (TPSA) is 51.5 Å². The quantitative estimate of drug-likeness (QED) is 0.722. The minimum Gasteiger partial charge on any atom is -0.467 e. The van der Waals surface area contributed by atoms with Crippen LogP contribution in [0.25, 0.3) is 0 Å². The van der Waals surface area contributed by atoms with Crippen molar-refractivity contribution in [3.63, 3.8) is 0 Å². The molecule has 16 heavy (non-hydrogen) atoms. The van der Waals surface area contributed by atoms with Crippen LogP contribution >= 0.6 is 0 Å². The third kappa shape index (κ3) is 4.98. The molecule has 0 aliphatic carbocycles. The van der Waals surface area contributed by atoms with Crippen LogP contribution in [0.5, 0.6) is 0 Å². The van der Waals surface area contributed by atoms with Gasteiger partial charge in [-0.25, -0.2) is 0 Å². The molecule has 1 amide bonds. The highest BCUT2D eigenvalue weighted by Crippen LogP contribution is 2.01. The molecule has 0 saturated heterocycles. The van der Waals surface area contributed by atoms with Crippen LogP contribution in [0.4, 0.5) is 0 Å². The van der Waals surface area contributed by atoms with E-state index in [2.05, 4.69) is 5.32 Å². The molecule has 0 fully saturated rings. The van der Waals surface area contributed by atoms with Crippen LogP contribution in [0.3, 0.4) is 0 Å². The molecule has 0 bridgehead atoms. The van der Waals surface area contributed by atoms with E-state index in [0.717, 1.165) is 12.2 Å². The zero-order chi connectivity index (χ0) is 11.8. The molecular weight excluding hydrogens is 206 g/mol. The second kappa shape index (κ2) is 7.06. The summed E-state index contributed by atoms with van der Waals surface area (Å²) in [4.78, 5) is 11.2. The van der Waals surface area contributed by atoms with E-state index >= 15 is 0 Å². The highest BCUT2D eigenvalue weighted by atomic mass is 16.5. The number of hydrogen-bond acceptors (Lipinski definition) is 3. The summed E-state index contributed by atoms with van der Waals surface area (Å²) < 4.78 is 10.5. The third-order valence-electron chi connectivity index (χ3n) is 2.11. The van der Waals surface area contributed by atoms with Crippen LogP contribution in [0.1, 0.15) is 26.0 Å². The van der Waals surface area contributed by atoms with E-state index in [1.54, 1.807) is 6.26 Å². The monoisotopic (exact) mass is 225 g/mol. The van der Waals surface area contributed by atoms with Crippen LogP contribution < -0.4 is 5.32 Å². The summed E-state index contributed by atoms with van der Waals surface area (Å²) in [5.41, 5.74) is 0. The first kappa shape index (κ1) is 12.8. The third-order valence-corrected chi connectivity index (χ3v) is 2.11. The molecular formula is C12H19NO3. The van der Waals surface area contributed by atoms with Crippen molar-refractivity contribution < 1.29 is 13.9 Å². The van der Waals surface area contributed by atoms with E-state index < -0.39 is 0 Å². The number of rotatable bonds is 7. The van der Waals surface area contributed by atoms with Crippen LogP contribution in [-0.4, -0.2) is 19.1 Å². The van der Waals surface area contributed by atoms with Gasteiger partial charge in [0.05, 0.1) is 6.26 Å². The Morgan fingerprint density at radius 1 is 1.56 bits per heavy atom. The molecule has 1 heterocycles. The Morgan fingerprint density at radius 3 is 3.00 bits per heavy atom. The molecule has 0 spiro atoms. The summed E-state index contributed by atoms with van der Waals surface area (Å²) in [6, 6.07) is 3.71. The Kier molecular flexibility index (Phi) is 5.64. The maximum absolute atomic E-state index is 11.2. The molecule has 0 radical (unpaired) electrons. The zero-order valence-corrected chi connectivity index (χ0v) is 9.86. The van der Waals surface area contributed by atoms with Gasteiger partial charge in [-0.1, -0.05) is 13.8 Å². The number of carbonyl (C=O) groups excluding carboxylic acids is 1. The van der Waals surface area contributed by atoms with Gasteiger partial charge in [0.15, 0.2) is 0 Å². The number of furan rings is 1. The van der Waals surface area contributed by atoms with Crippen molar-refractivity contribution in [2.24, 2.45) is 5.92 Å². The fourth-order valence-electron chi connectivity index (χ4n) is 1.16. The molecule has 0 aliphatic rings. The summed E-state index contributed by atoms with van der Waals surface area (Å²) in [5, 5.41) is 2.83. The van der Waals surface area contributed by atoms with Gasteiger partial charge in [-0.2, -0.15) is 0 Å². The lowest BCUT2D eigenvalue weighted by atomic mass is 10.2. The average molecular weight is 225 g/mol. The summed E-state index contributed by atoms with van der Waals surface area (Å²) in [7, 11) is 0. The molecule has 90 valence electrons. The van der Waals surface area contributed by atoms with Gasteiger partial charge in [-0.05, 0) is 18.6 Å². The lowest BCUT2D eigenvalue weighted by Gasteiger charge is -2.07. The minimum absolute atomic E-state index is 0.0454. The molecule has 1 aromatic heterocycles. The van der Waals surface area contributed by atoms with E-state index in [4.69, 9.17) is 9.15 Å². The van der Waals surface area contributed by atoms with Gasteiger partial charge in [0.1, 0.15) is 12.4 Å². The van der Waals surface area contributed by atoms with Crippen LogP contribution in [0.2, 0.25) is 0 Å². The summed E-state index contributed by atoms with van der Waals surface area (Å²) in [6.07, 6.45) is 2.45. The van der Waals surface area contributed by atoms with Gasteiger partial charge < -0.3 is 14.5 Å². The standard InChI is InChI=1S/C12H19NO3/c1-10(2)12(14)13-6-4-7-15-9-11-5-3-8-16-11/h3,5,8,10H,4,6-7,9H2,1-2H3,(H,13,14).